The first-order valence-corrected chi connectivity index (χ1v) is 11.3. The van der Waals surface area contributed by atoms with E-state index in [9.17, 15) is 18.0 Å². The third-order valence-electron chi connectivity index (χ3n) is 5.38. The molecule has 7 nitrogen and oxygen atoms in total. The smallest absolute Gasteiger partial charge is 0.337 e. The summed E-state index contributed by atoms with van der Waals surface area (Å²) in [4.78, 5) is 24.6. The molecule has 0 aliphatic carbocycles. The fourth-order valence-corrected chi connectivity index (χ4v) is 4.88. The number of carbonyl (C=O) groups is 2. The molecule has 0 atom stereocenters. The number of anilines is 1. The van der Waals surface area contributed by atoms with Crippen molar-refractivity contribution < 1.29 is 22.7 Å². The van der Waals surface area contributed by atoms with Gasteiger partial charge in [-0.1, -0.05) is 19.1 Å². The Bertz CT molecular complexity index is 1060. The van der Waals surface area contributed by atoms with E-state index in [2.05, 4.69) is 12.2 Å². The van der Waals surface area contributed by atoms with Crippen molar-refractivity contribution in [2.45, 2.75) is 31.6 Å². The molecule has 1 heterocycles. The standard InChI is InChI=1S/C22H26N2O5S/c1-15-9-11-24(12-10-15)30(27,28)19-6-4-5-17(13-19)21(25)23-20-14-18(22(26)29-3)8-7-16(20)2/h4-8,13-15H,9-12H2,1-3H3,(H,23,25). The van der Waals surface area contributed by atoms with Crippen molar-refractivity contribution >= 4 is 27.6 Å². The number of nitrogens with one attached hydrogen (secondary N) is 1. The summed E-state index contributed by atoms with van der Waals surface area (Å²) in [5.74, 6) is -0.448. The number of carbonyl (C=O) groups excluding carboxylic acids is 2. The van der Waals surface area contributed by atoms with Gasteiger partial charge in [-0.3, -0.25) is 4.79 Å². The van der Waals surface area contributed by atoms with Gasteiger partial charge in [0.05, 0.1) is 17.6 Å². The molecule has 2 aromatic rings. The van der Waals surface area contributed by atoms with Crippen LogP contribution in [0, 0.1) is 12.8 Å². The number of benzene rings is 2. The van der Waals surface area contributed by atoms with Crippen LogP contribution in [0.5, 0.6) is 0 Å². The number of hydrogen-bond donors (Lipinski definition) is 1. The maximum Gasteiger partial charge on any atom is 0.337 e. The maximum absolute atomic E-state index is 13.0. The van der Waals surface area contributed by atoms with Crippen molar-refractivity contribution in [2.24, 2.45) is 5.92 Å². The van der Waals surface area contributed by atoms with Gasteiger partial charge in [-0.25, -0.2) is 13.2 Å². The highest BCUT2D eigenvalue weighted by molar-refractivity contribution is 7.89. The van der Waals surface area contributed by atoms with E-state index in [1.165, 1.54) is 29.6 Å². The topological polar surface area (TPSA) is 92.8 Å². The molecular weight excluding hydrogens is 404 g/mol. The number of sulfonamides is 1. The van der Waals surface area contributed by atoms with Gasteiger partial charge in [0.25, 0.3) is 5.91 Å². The second-order valence-corrected chi connectivity index (χ2v) is 9.53. The zero-order chi connectivity index (χ0) is 21.9. The van der Waals surface area contributed by atoms with Crippen LogP contribution < -0.4 is 5.32 Å². The highest BCUT2D eigenvalue weighted by Crippen LogP contribution is 2.24. The van der Waals surface area contributed by atoms with Crippen LogP contribution in [0.4, 0.5) is 5.69 Å². The van der Waals surface area contributed by atoms with Crippen molar-refractivity contribution in [1.29, 1.82) is 0 Å². The second-order valence-electron chi connectivity index (χ2n) is 7.59. The Morgan fingerprint density at radius 1 is 1.07 bits per heavy atom. The fraction of sp³-hybridized carbons (Fsp3) is 0.364. The Hall–Kier alpha value is -2.71. The molecule has 0 spiro atoms. The Morgan fingerprint density at radius 3 is 2.43 bits per heavy atom. The molecule has 1 aliphatic heterocycles. The number of nitrogens with zero attached hydrogens (tertiary/aromatic N) is 1. The summed E-state index contributed by atoms with van der Waals surface area (Å²) in [6.45, 7) is 4.89. The van der Waals surface area contributed by atoms with Crippen LogP contribution in [0.1, 0.15) is 46.0 Å². The predicted octanol–water partition coefficient (Wildman–Crippen LogP) is 3.45. The van der Waals surface area contributed by atoms with Gasteiger partial charge in [-0.05, 0) is 61.6 Å². The largest absolute Gasteiger partial charge is 0.465 e. The minimum Gasteiger partial charge on any atom is -0.465 e. The SMILES string of the molecule is COC(=O)c1ccc(C)c(NC(=O)c2cccc(S(=O)(=O)N3CCC(C)CC3)c2)c1. The lowest BCUT2D eigenvalue weighted by atomic mass is 10.0. The zero-order valence-corrected chi connectivity index (χ0v) is 18.2. The van der Waals surface area contributed by atoms with E-state index in [1.807, 2.05) is 0 Å². The summed E-state index contributed by atoms with van der Waals surface area (Å²) in [5.41, 5.74) is 1.77. The van der Waals surface area contributed by atoms with Crippen LogP contribution in [0.2, 0.25) is 0 Å². The second kappa shape index (κ2) is 8.97. The first-order chi connectivity index (χ1) is 14.2. The molecule has 0 saturated carbocycles. The third-order valence-corrected chi connectivity index (χ3v) is 7.28. The molecule has 1 fully saturated rings. The Balaban J connectivity index is 1.82. The van der Waals surface area contributed by atoms with Crippen molar-refractivity contribution in [3.63, 3.8) is 0 Å². The van der Waals surface area contributed by atoms with Crippen LogP contribution in [-0.2, 0) is 14.8 Å². The van der Waals surface area contributed by atoms with Gasteiger partial charge < -0.3 is 10.1 Å². The maximum atomic E-state index is 13.0. The summed E-state index contributed by atoms with van der Waals surface area (Å²) in [7, 11) is -2.36. The number of rotatable bonds is 5. The summed E-state index contributed by atoms with van der Waals surface area (Å²) >= 11 is 0. The molecule has 1 aliphatic rings. The van der Waals surface area contributed by atoms with Gasteiger partial charge >= 0.3 is 5.97 Å². The molecule has 2 aromatic carbocycles. The lowest BCUT2D eigenvalue weighted by molar-refractivity contribution is 0.0600. The van der Waals surface area contributed by atoms with Gasteiger partial charge in [-0.15, -0.1) is 0 Å². The molecule has 0 radical (unpaired) electrons. The normalized spacial score (nSPS) is 15.6. The molecule has 0 bridgehead atoms. The van der Waals surface area contributed by atoms with Crippen molar-refractivity contribution in [3.05, 3.63) is 59.2 Å². The third kappa shape index (κ3) is 4.71. The number of methoxy groups -OCH3 is 1. The molecule has 3 rings (SSSR count). The summed E-state index contributed by atoms with van der Waals surface area (Å²) < 4.78 is 32.1. The van der Waals surface area contributed by atoms with E-state index in [0.29, 0.717) is 30.3 Å². The van der Waals surface area contributed by atoms with E-state index in [0.717, 1.165) is 18.4 Å². The molecule has 1 amide bonds. The number of esters is 1. The molecular formula is C22H26N2O5S. The van der Waals surface area contributed by atoms with Gasteiger partial charge in [0.15, 0.2) is 0 Å². The first-order valence-electron chi connectivity index (χ1n) is 9.83. The van der Waals surface area contributed by atoms with Gasteiger partial charge in [0, 0.05) is 24.3 Å². The molecule has 8 heteroatoms. The van der Waals surface area contributed by atoms with E-state index in [4.69, 9.17) is 4.74 Å². The molecule has 0 unspecified atom stereocenters. The quantitative estimate of drug-likeness (QED) is 0.734. The number of piperidine rings is 1. The zero-order valence-electron chi connectivity index (χ0n) is 17.3. The van der Waals surface area contributed by atoms with E-state index >= 15 is 0 Å². The number of ether oxygens (including phenoxy) is 1. The molecule has 1 saturated heterocycles. The van der Waals surface area contributed by atoms with Crippen LogP contribution in [0.25, 0.3) is 0 Å². The van der Waals surface area contributed by atoms with Crippen LogP contribution in [-0.4, -0.2) is 44.8 Å². The van der Waals surface area contributed by atoms with E-state index in [1.54, 1.807) is 31.2 Å². The minimum atomic E-state index is -3.65. The Labute approximate surface area is 177 Å². The number of aryl methyl sites for hydroxylation is 1. The van der Waals surface area contributed by atoms with Crippen LogP contribution in [0.3, 0.4) is 0 Å². The van der Waals surface area contributed by atoms with Gasteiger partial charge in [-0.2, -0.15) is 4.31 Å². The molecule has 0 aromatic heterocycles. The summed E-state index contributed by atoms with van der Waals surface area (Å²) in [6.07, 6.45) is 1.66. The highest BCUT2D eigenvalue weighted by Gasteiger charge is 2.28. The average molecular weight is 431 g/mol. The van der Waals surface area contributed by atoms with Gasteiger partial charge in [0.2, 0.25) is 10.0 Å². The Morgan fingerprint density at radius 2 is 1.77 bits per heavy atom. The monoisotopic (exact) mass is 430 g/mol. The Kier molecular flexibility index (Phi) is 6.58. The first kappa shape index (κ1) is 22.0. The van der Waals surface area contributed by atoms with Crippen LogP contribution >= 0.6 is 0 Å². The minimum absolute atomic E-state index is 0.102. The van der Waals surface area contributed by atoms with Gasteiger partial charge in [0.1, 0.15) is 0 Å². The average Bonchev–Trinajstić information content (AvgIpc) is 2.75. The predicted molar refractivity (Wildman–Crippen MR) is 114 cm³/mol. The molecule has 1 N–H and O–H groups in total. The van der Waals surface area contributed by atoms with E-state index in [-0.39, 0.29) is 10.5 Å². The lowest BCUT2D eigenvalue weighted by Crippen LogP contribution is -2.37. The fourth-order valence-electron chi connectivity index (χ4n) is 3.37. The van der Waals surface area contributed by atoms with Crippen molar-refractivity contribution in [2.75, 3.05) is 25.5 Å². The molecule has 30 heavy (non-hydrogen) atoms. The molecule has 160 valence electrons. The summed E-state index contributed by atoms with van der Waals surface area (Å²) in [6, 6.07) is 10.9. The summed E-state index contributed by atoms with van der Waals surface area (Å²) in [5, 5.41) is 2.75. The number of hydrogen-bond acceptors (Lipinski definition) is 5. The highest BCUT2D eigenvalue weighted by atomic mass is 32.2. The lowest BCUT2D eigenvalue weighted by Gasteiger charge is -2.29. The van der Waals surface area contributed by atoms with Crippen LogP contribution in [0.15, 0.2) is 47.4 Å². The van der Waals surface area contributed by atoms with Crippen molar-refractivity contribution in [3.8, 4) is 0 Å². The number of amides is 1. The van der Waals surface area contributed by atoms with Crippen molar-refractivity contribution in [1.82, 2.24) is 4.31 Å². The van der Waals surface area contributed by atoms with E-state index < -0.39 is 21.9 Å².